The van der Waals surface area contributed by atoms with Crippen LogP contribution in [0.3, 0.4) is 0 Å². The molecule has 2 amide bonds. The van der Waals surface area contributed by atoms with Gasteiger partial charge in [0, 0.05) is 99.6 Å². The van der Waals surface area contributed by atoms with Gasteiger partial charge < -0.3 is 42.8 Å². The molecule has 12 N–H and O–H groups in total. The minimum atomic E-state index is -0.115. The van der Waals surface area contributed by atoms with E-state index in [1.807, 2.05) is 72.8 Å². The first kappa shape index (κ1) is 58.9. The van der Waals surface area contributed by atoms with Gasteiger partial charge in [0.1, 0.15) is 11.5 Å². The number of pyridine rings is 6. The van der Waals surface area contributed by atoms with Gasteiger partial charge >= 0.3 is 0 Å². The highest BCUT2D eigenvalue weighted by molar-refractivity contribution is 5.89. The first-order valence-electron chi connectivity index (χ1n) is 19.8. The Morgan fingerprint density at radius 1 is 0.324 bits per heavy atom. The van der Waals surface area contributed by atoms with Crippen molar-refractivity contribution >= 4 is 59.6 Å². The molecule has 0 fully saturated rings. The molecule has 6 aromatic heterocycles. The van der Waals surface area contributed by atoms with E-state index in [4.69, 9.17) is 10.2 Å². The zero-order valence-electron chi connectivity index (χ0n) is 37.3. The van der Waals surface area contributed by atoms with E-state index >= 15 is 0 Å². The summed E-state index contributed by atoms with van der Waals surface area (Å²) in [6.45, 7) is 2.87. The summed E-state index contributed by atoms with van der Waals surface area (Å²) in [5, 5.41) is 22.9. The average molecular weight is 921 g/mol. The SMILES string of the molecule is C(=C\c1ccncc1)/c1ccncc1.C(=C\c1ccncc1)/c1ccncc1.C(=C\c1ccncc1)/c1ccncc1.CC(=O)Nc1ccc(O)cc1.CC(=O)Nc1ccc(O)cc1.O.O.O.O. The molecule has 16 nitrogen and oxygen atoms in total. The summed E-state index contributed by atoms with van der Waals surface area (Å²) in [7, 11) is 0. The van der Waals surface area contributed by atoms with E-state index in [0.29, 0.717) is 11.4 Å². The van der Waals surface area contributed by atoms with Crippen molar-refractivity contribution in [2.24, 2.45) is 0 Å². The maximum atomic E-state index is 10.5. The number of carbonyl (C=O) groups is 2. The molecule has 0 aliphatic carbocycles. The molecule has 8 aromatic rings. The normalized spacial score (nSPS) is 9.50. The number of hydrogen-bond acceptors (Lipinski definition) is 10. The van der Waals surface area contributed by atoms with Crippen LogP contribution >= 0.6 is 0 Å². The van der Waals surface area contributed by atoms with E-state index in [-0.39, 0.29) is 45.2 Å². The van der Waals surface area contributed by atoms with Gasteiger partial charge in [-0.3, -0.25) is 39.5 Å². The highest BCUT2D eigenvalue weighted by Crippen LogP contribution is 2.14. The summed E-state index contributed by atoms with van der Waals surface area (Å²) in [5.41, 5.74) is 8.28. The summed E-state index contributed by atoms with van der Waals surface area (Å²) in [6, 6.07) is 36.3. The fourth-order valence-electron chi connectivity index (χ4n) is 4.92. The fraction of sp³-hybridized carbons (Fsp3) is 0.0385. The molecule has 0 aliphatic heterocycles. The Bertz CT molecular complexity index is 2210. The van der Waals surface area contributed by atoms with E-state index in [0.717, 1.165) is 33.4 Å². The van der Waals surface area contributed by atoms with Crippen molar-refractivity contribution in [2.45, 2.75) is 13.8 Å². The number of aromatic hydroxyl groups is 2. The molecule has 0 atom stereocenters. The first-order valence-corrected chi connectivity index (χ1v) is 19.8. The predicted octanol–water partition coefficient (Wildman–Crippen LogP) is 7.34. The van der Waals surface area contributed by atoms with E-state index in [1.165, 1.54) is 38.1 Å². The van der Waals surface area contributed by atoms with Crippen LogP contribution in [0.25, 0.3) is 36.5 Å². The smallest absolute Gasteiger partial charge is 0.221 e. The van der Waals surface area contributed by atoms with Gasteiger partial charge in [0.05, 0.1) is 0 Å². The molecular formula is C52H56N8O8. The number of phenolic OH excluding ortho intramolecular Hbond substituents is 2. The second kappa shape index (κ2) is 35.3. The summed E-state index contributed by atoms with van der Waals surface area (Å²) < 4.78 is 0. The standard InChI is InChI=1S/3C12H10N2.2C8H9NO2.4H2O/c3*1(11-3-7-13-8-4-11)2-12-5-9-14-10-6-12;2*1-6(10)9-7-2-4-8(11)5-3-7;;;;/h3*1-10H;2*2-5,11H,1H3,(H,9,10);4*1H2/b3*2-1+;;;;;;. The van der Waals surface area contributed by atoms with Crippen LogP contribution in [0, 0.1) is 0 Å². The molecule has 16 heteroatoms. The second-order valence-electron chi connectivity index (χ2n) is 13.1. The molecule has 0 saturated carbocycles. The highest BCUT2D eigenvalue weighted by Gasteiger charge is 1.95. The van der Waals surface area contributed by atoms with E-state index < -0.39 is 0 Å². The van der Waals surface area contributed by atoms with Crippen LogP contribution in [0.5, 0.6) is 11.5 Å². The molecular weight excluding hydrogens is 865 g/mol. The maximum Gasteiger partial charge on any atom is 0.221 e. The number of hydrogen-bond donors (Lipinski definition) is 4. The van der Waals surface area contributed by atoms with Gasteiger partial charge in [0.2, 0.25) is 11.8 Å². The molecule has 0 spiro atoms. The van der Waals surface area contributed by atoms with Crippen LogP contribution in [0.1, 0.15) is 47.2 Å². The van der Waals surface area contributed by atoms with Gasteiger partial charge in [-0.2, -0.15) is 0 Å². The lowest BCUT2D eigenvalue weighted by atomic mass is 10.2. The minimum Gasteiger partial charge on any atom is -0.508 e. The predicted molar refractivity (Wildman–Crippen MR) is 271 cm³/mol. The van der Waals surface area contributed by atoms with E-state index in [9.17, 15) is 9.59 Å². The Balaban J connectivity index is 0.000000817. The first-order chi connectivity index (χ1) is 31.2. The Kier molecular flexibility index (Phi) is 30.6. The lowest BCUT2D eigenvalue weighted by Gasteiger charge is -1.99. The number of nitrogens with zero attached hydrogens (tertiary/aromatic N) is 6. The third kappa shape index (κ3) is 26.5. The summed E-state index contributed by atoms with van der Waals surface area (Å²) in [6.07, 6.45) is 33.7. The van der Waals surface area contributed by atoms with Gasteiger partial charge in [-0.25, -0.2) is 0 Å². The Labute approximate surface area is 395 Å². The fourth-order valence-corrected chi connectivity index (χ4v) is 4.92. The monoisotopic (exact) mass is 920 g/mol. The van der Waals surface area contributed by atoms with Crippen LogP contribution in [-0.2, 0) is 9.59 Å². The van der Waals surface area contributed by atoms with Crippen molar-refractivity contribution in [2.75, 3.05) is 10.6 Å². The van der Waals surface area contributed by atoms with Gasteiger partial charge in [-0.1, -0.05) is 36.5 Å². The summed E-state index contributed by atoms with van der Waals surface area (Å²) in [5.74, 6) is 0.157. The molecule has 68 heavy (non-hydrogen) atoms. The molecule has 0 aliphatic rings. The zero-order chi connectivity index (χ0) is 45.5. The highest BCUT2D eigenvalue weighted by atomic mass is 16.3. The lowest BCUT2D eigenvalue weighted by Crippen LogP contribution is -2.04. The van der Waals surface area contributed by atoms with Crippen LogP contribution in [0.15, 0.2) is 196 Å². The number of benzene rings is 2. The third-order valence-corrected chi connectivity index (χ3v) is 8.02. The van der Waals surface area contributed by atoms with Crippen LogP contribution < -0.4 is 10.6 Å². The van der Waals surface area contributed by atoms with Crippen molar-refractivity contribution in [1.82, 2.24) is 29.9 Å². The second-order valence-corrected chi connectivity index (χ2v) is 13.1. The van der Waals surface area contributed by atoms with E-state index in [1.54, 1.807) is 98.6 Å². The van der Waals surface area contributed by atoms with Gasteiger partial charge in [-0.15, -0.1) is 0 Å². The van der Waals surface area contributed by atoms with Crippen molar-refractivity contribution in [3.05, 3.63) is 229 Å². The Morgan fingerprint density at radius 2 is 0.485 bits per heavy atom. The van der Waals surface area contributed by atoms with Gasteiger partial charge in [0.25, 0.3) is 0 Å². The number of aromatic nitrogens is 6. The molecule has 8 rings (SSSR count). The van der Waals surface area contributed by atoms with Gasteiger partial charge in [0.15, 0.2) is 0 Å². The average Bonchev–Trinajstić information content (AvgIpc) is 3.34. The molecule has 0 unspecified atom stereocenters. The number of carbonyl (C=O) groups excluding carboxylic acids is 2. The quantitative estimate of drug-likeness (QED) is 0.110. The van der Waals surface area contributed by atoms with E-state index in [2.05, 4.69) is 77.0 Å². The molecule has 0 radical (unpaired) electrons. The largest absolute Gasteiger partial charge is 0.508 e. The number of rotatable bonds is 8. The molecule has 6 heterocycles. The molecule has 0 bridgehead atoms. The van der Waals surface area contributed by atoms with Crippen molar-refractivity contribution < 1.29 is 41.7 Å². The number of anilines is 2. The third-order valence-electron chi connectivity index (χ3n) is 8.02. The Morgan fingerprint density at radius 3 is 0.632 bits per heavy atom. The lowest BCUT2D eigenvalue weighted by molar-refractivity contribution is -0.115. The molecule has 2 aromatic carbocycles. The molecule has 352 valence electrons. The van der Waals surface area contributed by atoms with Crippen molar-refractivity contribution in [3.8, 4) is 11.5 Å². The van der Waals surface area contributed by atoms with Crippen LogP contribution in [-0.4, -0.2) is 73.8 Å². The van der Waals surface area contributed by atoms with Gasteiger partial charge in [-0.05, 0) is 155 Å². The minimum absolute atomic E-state index is 0. The number of nitrogens with one attached hydrogen (secondary N) is 2. The summed E-state index contributed by atoms with van der Waals surface area (Å²) >= 11 is 0. The topological polar surface area (TPSA) is 302 Å². The summed E-state index contributed by atoms with van der Waals surface area (Å²) in [4.78, 5) is 44.8. The molecule has 0 saturated heterocycles. The Hall–Kier alpha value is -9.06. The maximum absolute atomic E-state index is 10.5. The number of phenols is 2. The zero-order valence-corrected chi connectivity index (χ0v) is 37.3. The van der Waals surface area contributed by atoms with Crippen molar-refractivity contribution in [3.63, 3.8) is 0 Å². The van der Waals surface area contributed by atoms with Crippen LogP contribution in [0.4, 0.5) is 11.4 Å². The van der Waals surface area contributed by atoms with Crippen molar-refractivity contribution in [1.29, 1.82) is 0 Å². The van der Waals surface area contributed by atoms with Crippen LogP contribution in [0.2, 0.25) is 0 Å². The number of amides is 2.